The van der Waals surface area contributed by atoms with Crippen molar-refractivity contribution in [2.24, 2.45) is 0 Å². The molecule has 1 fully saturated rings. The van der Waals surface area contributed by atoms with Gasteiger partial charge in [-0.3, -0.25) is 9.36 Å². The lowest BCUT2D eigenvalue weighted by Gasteiger charge is -2.14. The van der Waals surface area contributed by atoms with Gasteiger partial charge in [0.2, 0.25) is 0 Å². The fourth-order valence-corrected chi connectivity index (χ4v) is 2.51. The zero-order valence-electron chi connectivity index (χ0n) is 9.41. The molecule has 2 heterocycles. The number of imidazole rings is 1. The zero-order valence-corrected chi connectivity index (χ0v) is 9.41. The molecule has 3 rings (SSSR count). The minimum Gasteiger partial charge on any atom is -0.421 e. The van der Waals surface area contributed by atoms with E-state index in [0.29, 0.717) is 19.3 Å². The fraction of sp³-hybridized carbons (Fsp3) is 0.500. The number of nitrogens with zero attached hydrogens (tertiary/aromatic N) is 3. The number of H-pyrrole nitrogens is 1. The Bertz CT molecular complexity index is 713. The molecule has 2 atom stereocenters. The van der Waals surface area contributed by atoms with Gasteiger partial charge < -0.3 is 15.3 Å². The second kappa shape index (κ2) is 3.70. The lowest BCUT2D eigenvalue weighted by atomic mass is 10.2. The lowest BCUT2D eigenvalue weighted by molar-refractivity contribution is 0.151. The van der Waals surface area contributed by atoms with Crippen LogP contribution in [-0.2, 0) is 0 Å². The highest BCUT2D eigenvalue weighted by molar-refractivity contribution is 5.68. The molecule has 0 spiro atoms. The SMILES string of the molecule is O=c1c2[nH]cnc2n(C2CCC(O)C2)c(=O)n1O. The first-order valence-electron chi connectivity index (χ1n) is 5.67. The molecule has 3 N–H and O–H groups in total. The van der Waals surface area contributed by atoms with Gasteiger partial charge in [-0.1, -0.05) is 4.73 Å². The van der Waals surface area contributed by atoms with Gasteiger partial charge in [0.1, 0.15) is 0 Å². The van der Waals surface area contributed by atoms with Crippen molar-refractivity contribution in [3.63, 3.8) is 0 Å². The largest absolute Gasteiger partial charge is 0.421 e. The predicted molar refractivity (Wildman–Crippen MR) is 60.7 cm³/mol. The highest BCUT2D eigenvalue weighted by Gasteiger charge is 2.28. The van der Waals surface area contributed by atoms with Gasteiger partial charge in [0.05, 0.1) is 12.4 Å². The van der Waals surface area contributed by atoms with Crippen LogP contribution in [0.3, 0.4) is 0 Å². The van der Waals surface area contributed by atoms with Crippen LogP contribution in [-0.4, -0.2) is 35.7 Å². The van der Waals surface area contributed by atoms with Gasteiger partial charge >= 0.3 is 11.2 Å². The third kappa shape index (κ3) is 1.39. The van der Waals surface area contributed by atoms with E-state index in [2.05, 4.69) is 9.97 Å². The molecule has 0 saturated heterocycles. The van der Waals surface area contributed by atoms with Crippen LogP contribution in [0.1, 0.15) is 25.3 Å². The van der Waals surface area contributed by atoms with E-state index >= 15 is 0 Å². The zero-order chi connectivity index (χ0) is 12.9. The van der Waals surface area contributed by atoms with Crippen LogP contribution in [0.25, 0.3) is 11.2 Å². The number of rotatable bonds is 1. The Kier molecular flexibility index (Phi) is 2.27. The summed E-state index contributed by atoms with van der Waals surface area (Å²) in [4.78, 5) is 30.1. The Morgan fingerprint density at radius 2 is 2.17 bits per heavy atom. The summed E-state index contributed by atoms with van der Waals surface area (Å²) < 4.78 is 1.34. The molecule has 1 aliphatic carbocycles. The Morgan fingerprint density at radius 3 is 2.83 bits per heavy atom. The van der Waals surface area contributed by atoms with Crippen LogP contribution in [0.4, 0.5) is 0 Å². The van der Waals surface area contributed by atoms with E-state index < -0.39 is 17.4 Å². The Balaban J connectivity index is 2.31. The van der Waals surface area contributed by atoms with Crippen molar-refractivity contribution >= 4 is 11.2 Å². The first-order chi connectivity index (χ1) is 8.59. The van der Waals surface area contributed by atoms with Crippen LogP contribution in [0.15, 0.2) is 15.9 Å². The molecule has 1 aliphatic rings. The number of aliphatic hydroxyl groups excluding tert-OH is 1. The molecule has 8 heteroatoms. The molecule has 8 nitrogen and oxygen atoms in total. The molecule has 0 aliphatic heterocycles. The number of nitrogens with one attached hydrogen (secondary N) is 1. The summed E-state index contributed by atoms with van der Waals surface area (Å²) in [6, 6.07) is -0.253. The van der Waals surface area contributed by atoms with Gasteiger partial charge in [-0.15, -0.1) is 0 Å². The first kappa shape index (κ1) is 11.0. The summed E-state index contributed by atoms with van der Waals surface area (Å²) in [5.74, 6) is 0. The number of aliphatic hydroxyl groups is 1. The van der Waals surface area contributed by atoms with Crippen LogP contribution >= 0.6 is 0 Å². The van der Waals surface area contributed by atoms with Gasteiger partial charge in [0, 0.05) is 6.04 Å². The van der Waals surface area contributed by atoms with Gasteiger partial charge in [-0.05, 0) is 19.3 Å². The lowest BCUT2D eigenvalue weighted by Crippen LogP contribution is -2.40. The third-order valence-corrected chi connectivity index (χ3v) is 3.38. The standard InChI is InChI=1S/C10H12N4O4/c15-6-2-1-5(3-6)13-8-7(11-4-12-8)9(16)14(18)10(13)17/h4-6,15,18H,1-3H2,(H,11,12). The topological polar surface area (TPSA) is 113 Å². The molecule has 2 unspecified atom stereocenters. The highest BCUT2D eigenvalue weighted by Crippen LogP contribution is 2.29. The maximum Gasteiger partial charge on any atom is 0.366 e. The monoisotopic (exact) mass is 252 g/mol. The van der Waals surface area contributed by atoms with Crippen molar-refractivity contribution in [2.75, 3.05) is 0 Å². The van der Waals surface area contributed by atoms with Crippen LogP contribution in [0, 0.1) is 0 Å². The van der Waals surface area contributed by atoms with Crippen LogP contribution in [0.5, 0.6) is 0 Å². The van der Waals surface area contributed by atoms with Gasteiger partial charge in [0.25, 0.3) is 0 Å². The maximum absolute atomic E-state index is 11.9. The van der Waals surface area contributed by atoms with E-state index in [1.807, 2.05) is 0 Å². The Labute approximate surface area is 100 Å². The average molecular weight is 252 g/mol. The van der Waals surface area contributed by atoms with E-state index in [1.165, 1.54) is 10.9 Å². The average Bonchev–Trinajstić information content (AvgIpc) is 2.96. The van der Waals surface area contributed by atoms with Gasteiger partial charge in [0.15, 0.2) is 11.2 Å². The van der Waals surface area contributed by atoms with E-state index in [4.69, 9.17) is 0 Å². The molecule has 1 saturated carbocycles. The number of aromatic amines is 1. The summed E-state index contributed by atoms with van der Waals surface area (Å²) >= 11 is 0. The predicted octanol–water partition coefficient (Wildman–Crippen LogP) is -0.791. The molecule has 2 aromatic rings. The Hall–Kier alpha value is -2.09. The van der Waals surface area contributed by atoms with Crippen molar-refractivity contribution in [3.05, 3.63) is 27.2 Å². The van der Waals surface area contributed by atoms with E-state index in [9.17, 15) is 19.9 Å². The molecule has 2 aromatic heterocycles. The van der Waals surface area contributed by atoms with Crippen molar-refractivity contribution in [2.45, 2.75) is 31.4 Å². The molecule has 96 valence electrons. The molecule has 18 heavy (non-hydrogen) atoms. The number of hydrogen-bond donors (Lipinski definition) is 3. The van der Waals surface area contributed by atoms with Gasteiger partial charge in [-0.2, -0.15) is 0 Å². The Morgan fingerprint density at radius 1 is 1.39 bits per heavy atom. The van der Waals surface area contributed by atoms with Crippen LogP contribution < -0.4 is 11.2 Å². The van der Waals surface area contributed by atoms with E-state index in [-0.39, 0.29) is 21.9 Å². The van der Waals surface area contributed by atoms with Crippen molar-refractivity contribution in [1.82, 2.24) is 19.3 Å². The summed E-state index contributed by atoms with van der Waals surface area (Å²) in [5, 5.41) is 19.0. The maximum atomic E-state index is 11.9. The molecular weight excluding hydrogens is 240 g/mol. The van der Waals surface area contributed by atoms with E-state index in [1.54, 1.807) is 0 Å². The van der Waals surface area contributed by atoms with Crippen LogP contribution in [0.2, 0.25) is 0 Å². The van der Waals surface area contributed by atoms with E-state index in [0.717, 1.165) is 0 Å². The normalized spacial score (nSPS) is 23.8. The number of hydrogen-bond acceptors (Lipinski definition) is 5. The fourth-order valence-electron chi connectivity index (χ4n) is 2.51. The minimum absolute atomic E-state index is 0.0746. The van der Waals surface area contributed by atoms with Crippen molar-refractivity contribution in [1.29, 1.82) is 0 Å². The second-order valence-corrected chi connectivity index (χ2v) is 4.49. The molecular formula is C10H12N4O4. The molecule has 0 aromatic carbocycles. The quantitative estimate of drug-likeness (QED) is 0.575. The molecule has 0 bridgehead atoms. The summed E-state index contributed by atoms with van der Waals surface area (Å²) in [6.45, 7) is 0. The second-order valence-electron chi connectivity index (χ2n) is 4.49. The highest BCUT2D eigenvalue weighted by atomic mass is 16.5. The van der Waals surface area contributed by atoms with Gasteiger partial charge in [-0.25, -0.2) is 9.78 Å². The minimum atomic E-state index is -0.821. The number of fused-ring (bicyclic) bond motifs is 1. The molecule has 0 amide bonds. The summed E-state index contributed by atoms with van der Waals surface area (Å²) in [5.41, 5.74) is -1.34. The first-order valence-corrected chi connectivity index (χ1v) is 5.67. The molecule has 0 radical (unpaired) electrons. The van der Waals surface area contributed by atoms with Crippen molar-refractivity contribution in [3.8, 4) is 0 Å². The smallest absolute Gasteiger partial charge is 0.366 e. The van der Waals surface area contributed by atoms with Crippen molar-refractivity contribution < 1.29 is 10.3 Å². The summed E-state index contributed by atoms with van der Waals surface area (Å²) in [7, 11) is 0. The summed E-state index contributed by atoms with van der Waals surface area (Å²) in [6.07, 6.45) is 2.46. The third-order valence-electron chi connectivity index (χ3n) is 3.38. The number of aromatic nitrogens is 4.